The van der Waals surface area contributed by atoms with Crippen LogP contribution in [-0.4, -0.2) is 15.0 Å². The average Bonchev–Trinajstić information content (AvgIpc) is 2.64. The molecule has 0 amide bonds. The molecule has 4 aromatic rings. The SMILES string of the molecule is Brc1ccc(Nc2cc(Nc3cccc4cccnc34)ncn2)cc1. The summed E-state index contributed by atoms with van der Waals surface area (Å²) in [5.74, 6) is 1.42. The number of pyridine rings is 1. The van der Waals surface area contributed by atoms with E-state index in [0.29, 0.717) is 11.6 Å². The van der Waals surface area contributed by atoms with Gasteiger partial charge in [0.2, 0.25) is 0 Å². The lowest BCUT2D eigenvalue weighted by molar-refractivity contribution is 1.17. The standard InChI is InChI=1S/C19H14BrN5/c20-14-6-8-15(9-7-14)24-17-11-18(23-12-22-17)25-16-5-1-3-13-4-2-10-21-19(13)16/h1-12H,(H2,22,23,24,25). The van der Waals surface area contributed by atoms with Crippen LogP contribution >= 0.6 is 15.9 Å². The van der Waals surface area contributed by atoms with Gasteiger partial charge in [-0.3, -0.25) is 4.98 Å². The monoisotopic (exact) mass is 391 g/mol. The Morgan fingerprint density at radius 1 is 0.760 bits per heavy atom. The molecule has 6 heteroatoms. The lowest BCUT2D eigenvalue weighted by Crippen LogP contribution is -1.99. The fourth-order valence-corrected chi connectivity index (χ4v) is 2.78. The van der Waals surface area contributed by atoms with Crippen LogP contribution in [0.4, 0.5) is 23.0 Å². The van der Waals surface area contributed by atoms with Gasteiger partial charge in [0.05, 0.1) is 11.2 Å². The van der Waals surface area contributed by atoms with Gasteiger partial charge in [0.25, 0.3) is 0 Å². The zero-order valence-corrected chi connectivity index (χ0v) is 14.7. The second-order valence-electron chi connectivity index (χ2n) is 5.43. The van der Waals surface area contributed by atoms with Gasteiger partial charge < -0.3 is 10.6 Å². The van der Waals surface area contributed by atoms with E-state index >= 15 is 0 Å². The van der Waals surface area contributed by atoms with Gasteiger partial charge >= 0.3 is 0 Å². The van der Waals surface area contributed by atoms with Crippen LogP contribution in [0.25, 0.3) is 10.9 Å². The lowest BCUT2D eigenvalue weighted by atomic mass is 10.2. The first-order valence-corrected chi connectivity index (χ1v) is 8.53. The molecule has 0 saturated heterocycles. The van der Waals surface area contributed by atoms with E-state index in [2.05, 4.69) is 41.5 Å². The molecule has 4 rings (SSSR count). The van der Waals surface area contributed by atoms with E-state index in [4.69, 9.17) is 0 Å². The van der Waals surface area contributed by atoms with Gasteiger partial charge in [-0.1, -0.05) is 34.1 Å². The van der Waals surface area contributed by atoms with Crippen molar-refractivity contribution in [1.82, 2.24) is 15.0 Å². The van der Waals surface area contributed by atoms with Gasteiger partial charge in [-0.05, 0) is 36.4 Å². The normalized spacial score (nSPS) is 10.6. The molecular weight excluding hydrogens is 378 g/mol. The largest absolute Gasteiger partial charge is 0.340 e. The first kappa shape index (κ1) is 15.5. The predicted octanol–water partition coefficient (Wildman–Crippen LogP) is 5.27. The summed E-state index contributed by atoms with van der Waals surface area (Å²) in [5.41, 5.74) is 2.78. The van der Waals surface area contributed by atoms with Gasteiger partial charge in [0.15, 0.2) is 0 Å². The Balaban J connectivity index is 1.60. The van der Waals surface area contributed by atoms with Crippen molar-refractivity contribution >= 4 is 49.8 Å². The molecule has 0 radical (unpaired) electrons. The molecule has 0 spiro atoms. The first-order valence-electron chi connectivity index (χ1n) is 7.73. The summed E-state index contributed by atoms with van der Waals surface area (Å²) >= 11 is 3.43. The fraction of sp³-hybridized carbons (Fsp3) is 0. The Bertz CT molecular complexity index is 1010. The maximum absolute atomic E-state index is 4.45. The van der Waals surface area contributed by atoms with Crippen molar-refractivity contribution in [3.8, 4) is 0 Å². The molecule has 0 bridgehead atoms. The van der Waals surface area contributed by atoms with E-state index in [-0.39, 0.29) is 0 Å². The molecular formula is C19H14BrN5. The molecule has 2 aromatic carbocycles. The highest BCUT2D eigenvalue weighted by atomic mass is 79.9. The quantitative estimate of drug-likeness (QED) is 0.495. The van der Waals surface area contributed by atoms with E-state index in [1.165, 1.54) is 6.33 Å². The van der Waals surface area contributed by atoms with Crippen LogP contribution in [-0.2, 0) is 0 Å². The molecule has 0 fully saturated rings. The summed E-state index contributed by atoms with van der Waals surface area (Å²) in [6, 6.07) is 19.8. The zero-order chi connectivity index (χ0) is 17.1. The van der Waals surface area contributed by atoms with Crippen LogP contribution in [0.5, 0.6) is 0 Å². The van der Waals surface area contributed by atoms with E-state index in [1.807, 2.05) is 60.7 Å². The number of hydrogen-bond donors (Lipinski definition) is 2. The molecule has 2 heterocycles. The van der Waals surface area contributed by atoms with Crippen LogP contribution in [0, 0.1) is 0 Å². The Labute approximate surface area is 153 Å². The van der Waals surface area contributed by atoms with Gasteiger partial charge in [-0.2, -0.15) is 0 Å². The second kappa shape index (κ2) is 6.86. The minimum absolute atomic E-state index is 0.702. The van der Waals surface area contributed by atoms with Crippen molar-refractivity contribution in [2.45, 2.75) is 0 Å². The third-order valence-electron chi connectivity index (χ3n) is 3.68. The predicted molar refractivity (Wildman–Crippen MR) is 104 cm³/mol. The maximum atomic E-state index is 4.45. The van der Waals surface area contributed by atoms with Gasteiger partial charge in [-0.15, -0.1) is 0 Å². The average molecular weight is 392 g/mol. The number of fused-ring (bicyclic) bond motifs is 1. The van der Waals surface area contributed by atoms with Gasteiger partial charge in [0.1, 0.15) is 18.0 Å². The number of nitrogens with zero attached hydrogens (tertiary/aromatic N) is 3. The number of halogens is 1. The van der Waals surface area contributed by atoms with E-state index in [1.54, 1.807) is 6.20 Å². The topological polar surface area (TPSA) is 62.7 Å². The number of nitrogens with one attached hydrogen (secondary N) is 2. The van der Waals surface area contributed by atoms with Crippen LogP contribution < -0.4 is 10.6 Å². The third-order valence-corrected chi connectivity index (χ3v) is 4.21. The Morgan fingerprint density at radius 2 is 1.52 bits per heavy atom. The summed E-state index contributed by atoms with van der Waals surface area (Å²) in [5, 5.41) is 7.67. The van der Waals surface area contributed by atoms with Crippen LogP contribution in [0.2, 0.25) is 0 Å². The number of aromatic nitrogens is 3. The fourth-order valence-electron chi connectivity index (χ4n) is 2.52. The van der Waals surface area contributed by atoms with E-state index in [0.717, 1.165) is 26.8 Å². The Hall–Kier alpha value is -2.99. The van der Waals surface area contributed by atoms with E-state index in [9.17, 15) is 0 Å². The smallest absolute Gasteiger partial charge is 0.135 e. The van der Waals surface area contributed by atoms with Crippen molar-refractivity contribution in [3.05, 3.63) is 77.7 Å². The molecule has 2 aromatic heterocycles. The van der Waals surface area contributed by atoms with Crippen molar-refractivity contribution in [1.29, 1.82) is 0 Å². The van der Waals surface area contributed by atoms with Crippen molar-refractivity contribution in [2.24, 2.45) is 0 Å². The molecule has 0 aliphatic carbocycles. The molecule has 0 saturated carbocycles. The Kier molecular flexibility index (Phi) is 4.26. The number of benzene rings is 2. The van der Waals surface area contributed by atoms with Crippen molar-refractivity contribution in [3.63, 3.8) is 0 Å². The number of rotatable bonds is 4. The molecule has 0 atom stereocenters. The molecule has 25 heavy (non-hydrogen) atoms. The Morgan fingerprint density at radius 3 is 2.36 bits per heavy atom. The summed E-state index contributed by atoms with van der Waals surface area (Å²) in [4.78, 5) is 13.0. The van der Waals surface area contributed by atoms with Gasteiger partial charge in [0, 0.05) is 27.8 Å². The molecule has 2 N–H and O–H groups in total. The molecule has 0 unspecified atom stereocenters. The molecule has 122 valence electrons. The summed E-state index contributed by atoms with van der Waals surface area (Å²) < 4.78 is 1.03. The lowest BCUT2D eigenvalue weighted by Gasteiger charge is -2.10. The minimum Gasteiger partial charge on any atom is -0.340 e. The highest BCUT2D eigenvalue weighted by molar-refractivity contribution is 9.10. The third kappa shape index (κ3) is 3.59. The van der Waals surface area contributed by atoms with Crippen LogP contribution in [0.3, 0.4) is 0 Å². The second-order valence-corrected chi connectivity index (χ2v) is 6.34. The summed E-state index contributed by atoms with van der Waals surface area (Å²) in [6.07, 6.45) is 3.32. The molecule has 0 aliphatic heterocycles. The zero-order valence-electron chi connectivity index (χ0n) is 13.1. The molecule has 0 aliphatic rings. The minimum atomic E-state index is 0.702. The van der Waals surface area contributed by atoms with Crippen LogP contribution in [0.1, 0.15) is 0 Å². The summed E-state index contributed by atoms with van der Waals surface area (Å²) in [6.45, 7) is 0. The van der Waals surface area contributed by atoms with Crippen LogP contribution in [0.15, 0.2) is 77.7 Å². The highest BCUT2D eigenvalue weighted by Gasteiger charge is 2.04. The number of anilines is 4. The number of para-hydroxylation sites is 1. The number of hydrogen-bond acceptors (Lipinski definition) is 5. The van der Waals surface area contributed by atoms with Crippen molar-refractivity contribution < 1.29 is 0 Å². The van der Waals surface area contributed by atoms with Crippen molar-refractivity contribution in [2.75, 3.05) is 10.6 Å². The van der Waals surface area contributed by atoms with Gasteiger partial charge in [-0.25, -0.2) is 9.97 Å². The highest BCUT2D eigenvalue weighted by Crippen LogP contribution is 2.25. The van der Waals surface area contributed by atoms with E-state index < -0.39 is 0 Å². The summed E-state index contributed by atoms with van der Waals surface area (Å²) in [7, 11) is 0. The maximum Gasteiger partial charge on any atom is 0.135 e. The molecule has 5 nitrogen and oxygen atoms in total. The first-order chi connectivity index (χ1) is 12.3.